The van der Waals surface area contributed by atoms with Crippen LogP contribution in [0.15, 0.2) is 30.3 Å². The third-order valence-electron chi connectivity index (χ3n) is 2.13. The van der Waals surface area contributed by atoms with Crippen LogP contribution in [0.4, 0.5) is 4.39 Å². The van der Waals surface area contributed by atoms with E-state index in [1.54, 1.807) is 24.3 Å². The van der Waals surface area contributed by atoms with Crippen LogP contribution < -0.4 is 0 Å². The standard InChI is InChI=1S/C11H6Cl3FS/c12-9-5-7(11(14)16-9)10(13)6-3-1-2-4-8(6)15/h1-5,10H. The molecule has 0 nitrogen and oxygen atoms in total. The maximum Gasteiger partial charge on any atom is 0.128 e. The summed E-state index contributed by atoms with van der Waals surface area (Å²) in [5.41, 5.74) is 1.05. The van der Waals surface area contributed by atoms with Gasteiger partial charge in [-0.25, -0.2) is 4.39 Å². The number of hydrogen-bond donors (Lipinski definition) is 0. The van der Waals surface area contributed by atoms with Crippen molar-refractivity contribution >= 4 is 46.1 Å². The number of alkyl halides is 1. The van der Waals surface area contributed by atoms with Crippen LogP contribution in [-0.4, -0.2) is 0 Å². The summed E-state index contributed by atoms with van der Waals surface area (Å²) in [5.74, 6) is -0.346. The first-order valence-electron chi connectivity index (χ1n) is 4.43. The third-order valence-corrected chi connectivity index (χ3v) is 4.12. The van der Waals surface area contributed by atoms with E-state index in [9.17, 15) is 4.39 Å². The summed E-state index contributed by atoms with van der Waals surface area (Å²) >= 11 is 19.2. The number of benzene rings is 1. The van der Waals surface area contributed by atoms with E-state index in [1.807, 2.05) is 0 Å². The molecular formula is C11H6Cl3FS. The summed E-state index contributed by atoms with van der Waals surface area (Å²) < 4.78 is 14.5. The lowest BCUT2D eigenvalue weighted by Gasteiger charge is -2.09. The molecule has 0 aliphatic carbocycles. The number of rotatable bonds is 2. The molecule has 84 valence electrons. The summed E-state index contributed by atoms with van der Waals surface area (Å²) in [6.45, 7) is 0. The lowest BCUT2D eigenvalue weighted by molar-refractivity contribution is 0.612. The fourth-order valence-electron chi connectivity index (χ4n) is 1.37. The van der Waals surface area contributed by atoms with Crippen molar-refractivity contribution in [2.75, 3.05) is 0 Å². The fraction of sp³-hybridized carbons (Fsp3) is 0.0909. The van der Waals surface area contributed by atoms with Gasteiger partial charge in [0.15, 0.2) is 0 Å². The second kappa shape index (κ2) is 4.92. The van der Waals surface area contributed by atoms with Crippen LogP contribution in [-0.2, 0) is 0 Å². The Labute approximate surface area is 112 Å². The lowest BCUT2D eigenvalue weighted by atomic mass is 10.1. The van der Waals surface area contributed by atoms with Crippen molar-refractivity contribution in [1.82, 2.24) is 0 Å². The molecule has 16 heavy (non-hydrogen) atoms. The average Bonchev–Trinajstić information content (AvgIpc) is 2.58. The maximum atomic E-state index is 13.5. The molecule has 5 heteroatoms. The molecule has 0 amide bonds. The van der Waals surface area contributed by atoms with Gasteiger partial charge in [0, 0.05) is 11.1 Å². The molecule has 0 saturated heterocycles. The van der Waals surface area contributed by atoms with Crippen molar-refractivity contribution in [2.45, 2.75) is 5.38 Å². The minimum Gasteiger partial charge on any atom is -0.207 e. The molecule has 0 N–H and O–H groups in total. The highest BCUT2D eigenvalue weighted by Crippen LogP contribution is 2.41. The van der Waals surface area contributed by atoms with E-state index in [0.29, 0.717) is 19.8 Å². The average molecular weight is 296 g/mol. The van der Waals surface area contributed by atoms with Gasteiger partial charge >= 0.3 is 0 Å². The molecule has 0 spiro atoms. The van der Waals surface area contributed by atoms with Crippen molar-refractivity contribution in [1.29, 1.82) is 0 Å². The molecule has 0 aliphatic rings. The number of halogens is 4. The smallest absolute Gasteiger partial charge is 0.128 e. The quantitative estimate of drug-likeness (QED) is 0.640. The topological polar surface area (TPSA) is 0 Å². The van der Waals surface area contributed by atoms with Gasteiger partial charge in [-0.05, 0) is 12.1 Å². The Balaban J connectivity index is 2.43. The Morgan fingerprint density at radius 2 is 1.81 bits per heavy atom. The van der Waals surface area contributed by atoms with E-state index in [1.165, 1.54) is 17.4 Å². The minimum absolute atomic E-state index is 0.346. The van der Waals surface area contributed by atoms with Gasteiger partial charge in [0.25, 0.3) is 0 Å². The van der Waals surface area contributed by atoms with Gasteiger partial charge in [-0.15, -0.1) is 22.9 Å². The summed E-state index contributed by atoms with van der Waals surface area (Å²) in [6.07, 6.45) is 0. The van der Waals surface area contributed by atoms with E-state index in [0.717, 1.165) is 0 Å². The van der Waals surface area contributed by atoms with E-state index < -0.39 is 5.38 Å². The summed E-state index contributed by atoms with van der Waals surface area (Å²) in [4.78, 5) is 0. The molecule has 1 heterocycles. The Morgan fingerprint density at radius 1 is 1.12 bits per heavy atom. The molecule has 1 aromatic carbocycles. The normalized spacial score (nSPS) is 12.8. The van der Waals surface area contributed by atoms with Crippen molar-refractivity contribution in [3.8, 4) is 0 Å². The monoisotopic (exact) mass is 294 g/mol. The summed E-state index contributed by atoms with van der Waals surface area (Å²) in [6, 6.07) is 8.01. The number of thiophene rings is 1. The van der Waals surface area contributed by atoms with E-state index >= 15 is 0 Å². The minimum atomic E-state index is -0.613. The summed E-state index contributed by atoms with van der Waals surface area (Å²) in [7, 11) is 0. The SMILES string of the molecule is Fc1ccccc1C(Cl)c1cc(Cl)sc1Cl. The van der Waals surface area contributed by atoms with Gasteiger partial charge in [-0.2, -0.15) is 0 Å². The van der Waals surface area contributed by atoms with Crippen molar-refractivity contribution in [2.24, 2.45) is 0 Å². The molecule has 2 rings (SSSR count). The second-order valence-electron chi connectivity index (χ2n) is 3.16. The zero-order valence-electron chi connectivity index (χ0n) is 7.88. The highest BCUT2D eigenvalue weighted by Gasteiger charge is 2.19. The molecule has 0 bridgehead atoms. The van der Waals surface area contributed by atoms with Gasteiger partial charge in [-0.1, -0.05) is 41.4 Å². The zero-order valence-corrected chi connectivity index (χ0v) is 11.0. The molecule has 1 aromatic heterocycles. The Bertz CT molecular complexity index is 510. The van der Waals surface area contributed by atoms with E-state index in [-0.39, 0.29) is 5.82 Å². The molecule has 0 saturated carbocycles. The first-order valence-corrected chi connectivity index (χ1v) is 6.43. The molecule has 0 radical (unpaired) electrons. The predicted molar refractivity (Wildman–Crippen MR) is 68.4 cm³/mol. The van der Waals surface area contributed by atoms with Crippen LogP contribution in [0.1, 0.15) is 16.5 Å². The molecule has 1 unspecified atom stereocenters. The van der Waals surface area contributed by atoms with Gasteiger partial charge in [0.2, 0.25) is 0 Å². The Morgan fingerprint density at radius 3 is 2.38 bits per heavy atom. The molecule has 0 fully saturated rings. The highest BCUT2D eigenvalue weighted by atomic mass is 35.5. The van der Waals surface area contributed by atoms with Crippen LogP contribution in [0.2, 0.25) is 8.67 Å². The maximum absolute atomic E-state index is 13.5. The molecular weight excluding hydrogens is 290 g/mol. The van der Waals surface area contributed by atoms with Crippen molar-refractivity contribution < 1.29 is 4.39 Å². The fourth-order valence-corrected chi connectivity index (χ4v) is 3.38. The van der Waals surface area contributed by atoms with E-state index in [4.69, 9.17) is 34.8 Å². The van der Waals surface area contributed by atoms with Crippen LogP contribution in [0, 0.1) is 5.82 Å². The lowest BCUT2D eigenvalue weighted by Crippen LogP contribution is -1.95. The van der Waals surface area contributed by atoms with Crippen molar-refractivity contribution in [3.05, 3.63) is 55.9 Å². The highest BCUT2D eigenvalue weighted by molar-refractivity contribution is 7.20. The Kier molecular flexibility index (Phi) is 3.75. The molecule has 1 atom stereocenters. The second-order valence-corrected chi connectivity index (χ2v) is 5.89. The predicted octanol–water partition coefficient (Wildman–Crippen LogP) is 5.52. The van der Waals surface area contributed by atoms with Crippen LogP contribution in [0.5, 0.6) is 0 Å². The summed E-state index contributed by atoms with van der Waals surface area (Å²) in [5, 5.41) is -0.613. The van der Waals surface area contributed by atoms with Crippen LogP contribution >= 0.6 is 46.1 Å². The Hall–Kier alpha value is -0.280. The van der Waals surface area contributed by atoms with Crippen LogP contribution in [0.25, 0.3) is 0 Å². The van der Waals surface area contributed by atoms with Gasteiger partial charge in [0.05, 0.1) is 14.0 Å². The van der Waals surface area contributed by atoms with Gasteiger partial charge in [-0.3, -0.25) is 0 Å². The van der Waals surface area contributed by atoms with Crippen molar-refractivity contribution in [3.63, 3.8) is 0 Å². The largest absolute Gasteiger partial charge is 0.207 e. The van der Waals surface area contributed by atoms with Crippen LogP contribution in [0.3, 0.4) is 0 Å². The molecule has 2 aromatic rings. The zero-order chi connectivity index (χ0) is 11.7. The third kappa shape index (κ3) is 2.35. The first kappa shape index (κ1) is 12.2. The van der Waals surface area contributed by atoms with E-state index in [2.05, 4.69) is 0 Å². The molecule has 0 aliphatic heterocycles. The number of hydrogen-bond acceptors (Lipinski definition) is 1. The van der Waals surface area contributed by atoms with Gasteiger partial charge < -0.3 is 0 Å². The first-order chi connectivity index (χ1) is 7.59. The van der Waals surface area contributed by atoms with Gasteiger partial charge in [0.1, 0.15) is 5.82 Å².